The number of hydrogen-bond donors (Lipinski definition) is 1. The minimum Gasteiger partial charge on any atom is -0.494 e. The van der Waals surface area contributed by atoms with Gasteiger partial charge in [0.25, 0.3) is 0 Å². The van der Waals surface area contributed by atoms with E-state index in [1.165, 1.54) is 10.8 Å². The van der Waals surface area contributed by atoms with Gasteiger partial charge in [-0.15, -0.1) is 0 Å². The number of nitrogens with one attached hydrogen (secondary N) is 1. The van der Waals surface area contributed by atoms with Crippen LogP contribution in [0.15, 0.2) is 66.7 Å². The Morgan fingerprint density at radius 3 is 2.55 bits per heavy atom. The molecular formula is C26H29N3O2. The number of ether oxygens (including phenoxy) is 1. The average molecular weight is 416 g/mol. The highest BCUT2D eigenvalue weighted by atomic mass is 16.5. The van der Waals surface area contributed by atoms with E-state index in [2.05, 4.69) is 40.2 Å². The van der Waals surface area contributed by atoms with Gasteiger partial charge in [0, 0.05) is 12.0 Å². The first-order valence-corrected chi connectivity index (χ1v) is 10.8. The Hall–Kier alpha value is -3.34. The van der Waals surface area contributed by atoms with E-state index in [4.69, 9.17) is 9.72 Å². The summed E-state index contributed by atoms with van der Waals surface area (Å²) in [7, 11) is 0. The van der Waals surface area contributed by atoms with Gasteiger partial charge in [-0.3, -0.25) is 4.79 Å². The summed E-state index contributed by atoms with van der Waals surface area (Å²) in [5, 5.41) is 5.41. The molecule has 0 unspecified atom stereocenters. The van der Waals surface area contributed by atoms with E-state index >= 15 is 0 Å². The molecule has 0 saturated heterocycles. The first-order valence-electron chi connectivity index (χ1n) is 10.8. The third-order valence-electron chi connectivity index (χ3n) is 5.34. The molecule has 0 saturated carbocycles. The number of carbonyl (C=O) groups excluding carboxylic acids is 1. The summed E-state index contributed by atoms with van der Waals surface area (Å²) >= 11 is 0. The highest BCUT2D eigenvalue weighted by molar-refractivity contribution is 5.83. The summed E-state index contributed by atoms with van der Waals surface area (Å²) in [6.07, 6.45) is 0.841. The lowest BCUT2D eigenvalue weighted by atomic mass is 9.96. The molecule has 5 heteroatoms. The van der Waals surface area contributed by atoms with Crippen LogP contribution < -0.4 is 10.1 Å². The minimum atomic E-state index is -0.426. The topological polar surface area (TPSA) is 56.2 Å². The summed E-state index contributed by atoms with van der Waals surface area (Å²) in [6, 6.07) is 22.5. The zero-order valence-corrected chi connectivity index (χ0v) is 18.4. The van der Waals surface area contributed by atoms with Crippen LogP contribution in [0.3, 0.4) is 0 Å². The Morgan fingerprint density at radius 2 is 1.74 bits per heavy atom. The highest BCUT2D eigenvalue weighted by Crippen LogP contribution is 2.21. The molecule has 0 aliphatic carbocycles. The largest absolute Gasteiger partial charge is 0.494 e. The van der Waals surface area contributed by atoms with Crippen LogP contribution in [0.5, 0.6) is 5.75 Å². The van der Waals surface area contributed by atoms with Gasteiger partial charge in [-0.05, 0) is 41.5 Å². The summed E-state index contributed by atoms with van der Waals surface area (Å²) in [6.45, 7) is 7.53. The first-order chi connectivity index (χ1) is 14.9. The SMILES string of the molecule is CC(C)(C)C(=O)NCc1nc2ccccc2n1CCCOc1ccc2ccccc2c1. The molecule has 0 radical (unpaired) electrons. The van der Waals surface area contributed by atoms with Crippen LogP contribution in [-0.4, -0.2) is 22.1 Å². The number of imidazole rings is 1. The van der Waals surface area contributed by atoms with Crippen LogP contribution in [0, 0.1) is 5.41 Å². The fourth-order valence-electron chi connectivity index (χ4n) is 3.60. The molecule has 4 rings (SSSR count). The Balaban J connectivity index is 1.42. The van der Waals surface area contributed by atoms with Crippen molar-refractivity contribution in [3.05, 3.63) is 72.6 Å². The Kier molecular flexibility index (Phi) is 5.94. The summed E-state index contributed by atoms with van der Waals surface area (Å²) in [5.41, 5.74) is 1.59. The van der Waals surface area contributed by atoms with Gasteiger partial charge in [-0.1, -0.05) is 63.2 Å². The molecule has 4 aromatic rings. The number of aryl methyl sites for hydroxylation is 1. The van der Waals surface area contributed by atoms with Crippen LogP contribution in [0.25, 0.3) is 21.8 Å². The molecule has 3 aromatic carbocycles. The molecule has 1 N–H and O–H groups in total. The second-order valence-electron chi connectivity index (χ2n) is 8.81. The predicted molar refractivity (Wildman–Crippen MR) is 125 cm³/mol. The molecule has 160 valence electrons. The van der Waals surface area contributed by atoms with E-state index in [0.29, 0.717) is 13.2 Å². The third kappa shape index (κ3) is 4.88. The van der Waals surface area contributed by atoms with Crippen molar-refractivity contribution in [1.29, 1.82) is 0 Å². The Bertz CT molecular complexity index is 1200. The Morgan fingerprint density at radius 1 is 1.00 bits per heavy atom. The van der Waals surface area contributed by atoms with Crippen molar-refractivity contribution in [2.24, 2.45) is 5.41 Å². The lowest BCUT2D eigenvalue weighted by Gasteiger charge is -2.18. The smallest absolute Gasteiger partial charge is 0.225 e. The van der Waals surface area contributed by atoms with Crippen LogP contribution >= 0.6 is 0 Å². The number of para-hydroxylation sites is 2. The van der Waals surface area contributed by atoms with Crippen LogP contribution in [-0.2, 0) is 17.9 Å². The first kappa shape index (κ1) is 20.9. The molecule has 1 heterocycles. The monoisotopic (exact) mass is 415 g/mol. The van der Waals surface area contributed by atoms with Crippen LogP contribution in [0.1, 0.15) is 33.0 Å². The maximum atomic E-state index is 12.3. The van der Waals surface area contributed by atoms with Crippen molar-refractivity contribution >= 4 is 27.7 Å². The Labute approximate surface area is 183 Å². The third-order valence-corrected chi connectivity index (χ3v) is 5.34. The van der Waals surface area contributed by atoms with Crippen LogP contribution in [0.2, 0.25) is 0 Å². The lowest BCUT2D eigenvalue weighted by molar-refractivity contribution is -0.128. The van der Waals surface area contributed by atoms with E-state index < -0.39 is 5.41 Å². The fraction of sp³-hybridized carbons (Fsp3) is 0.308. The molecule has 0 bridgehead atoms. The summed E-state index contributed by atoms with van der Waals surface area (Å²) in [5.74, 6) is 1.77. The molecule has 0 atom stereocenters. The van der Waals surface area contributed by atoms with Crippen molar-refractivity contribution in [2.45, 2.75) is 40.3 Å². The van der Waals surface area contributed by atoms with Gasteiger partial charge in [0.05, 0.1) is 24.2 Å². The number of carbonyl (C=O) groups is 1. The van der Waals surface area contributed by atoms with E-state index in [1.807, 2.05) is 57.2 Å². The van der Waals surface area contributed by atoms with Gasteiger partial charge in [-0.25, -0.2) is 4.98 Å². The average Bonchev–Trinajstić information content (AvgIpc) is 3.11. The number of nitrogens with zero attached hydrogens (tertiary/aromatic N) is 2. The van der Waals surface area contributed by atoms with Crippen molar-refractivity contribution in [2.75, 3.05) is 6.61 Å². The van der Waals surface area contributed by atoms with Gasteiger partial charge >= 0.3 is 0 Å². The molecule has 0 aliphatic rings. The van der Waals surface area contributed by atoms with Crippen molar-refractivity contribution in [3.8, 4) is 5.75 Å². The van der Waals surface area contributed by atoms with Gasteiger partial charge in [0.15, 0.2) is 0 Å². The van der Waals surface area contributed by atoms with Crippen molar-refractivity contribution in [3.63, 3.8) is 0 Å². The van der Waals surface area contributed by atoms with Crippen molar-refractivity contribution < 1.29 is 9.53 Å². The van der Waals surface area contributed by atoms with E-state index in [0.717, 1.165) is 35.6 Å². The summed E-state index contributed by atoms with van der Waals surface area (Å²) in [4.78, 5) is 17.1. The molecule has 5 nitrogen and oxygen atoms in total. The quantitative estimate of drug-likeness (QED) is 0.416. The minimum absolute atomic E-state index is 0.0192. The second-order valence-corrected chi connectivity index (χ2v) is 8.81. The maximum absolute atomic E-state index is 12.3. The van der Waals surface area contributed by atoms with Gasteiger partial charge in [0.2, 0.25) is 5.91 Å². The molecular weight excluding hydrogens is 386 g/mol. The molecule has 0 fully saturated rings. The number of amides is 1. The normalized spacial score (nSPS) is 11.7. The number of aromatic nitrogens is 2. The second kappa shape index (κ2) is 8.80. The fourth-order valence-corrected chi connectivity index (χ4v) is 3.60. The number of hydrogen-bond acceptors (Lipinski definition) is 3. The maximum Gasteiger partial charge on any atom is 0.225 e. The zero-order valence-electron chi connectivity index (χ0n) is 18.4. The van der Waals surface area contributed by atoms with E-state index in [9.17, 15) is 4.79 Å². The van der Waals surface area contributed by atoms with Gasteiger partial charge < -0.3 is 14.6 Å². The molecule has 1 amide bonds. The van der Waals surface area contributed by atoms with E-state index in [1.54, 1.807) is 0 Å². The number of benzene rings is 3. The molecule has 0 aliphatic heterocycles. The molecule has 0 spiro atoms. The predicted octanol–water partition coefficient (Wildman–Crippen LogP) is 5.32. The lowest BCUT2D eigenvalue weighted by Crippen LogP contribution is -2.35. The molecule has 31 heavy (non-hydrogen) atoms. The standard InChI is InChI=1S/C26H29N3O2/c1-26(2,3)25(30)27-18-24-28-22-11-6-7-12-23(22)29(24)15-8-16-31-21-14-13-19-9-4-5-10-20(19)17-21/h4-7,9-14,17H,8,15-16,18H2,1-3H3,(H,27,30). The van der Waals surface area contributed by atoms with Crippen LogP contribution in [0.4, 0.5) is 0 Å². The van der Waals surface area contributed by atoms with Crippen molar-refractivity contribution in [1.82, 2.24) is 14.9 Å². The van der Waals surface area contributed by atoms with E-state index in [-0.39, 0.29) is 5.91 Å². The summed E-state index contributed by atoms with van der Waals surface area (Å²) < 4.78 is 8.19. The van der Waals surface area contributed by atoms with Gasteiger partial charge in [-0.2, -0.15) is 0 Å². The number of rotatable bonds is 7. The number of fused-ring (bicyclic) bond motifs is 2. The zero-order chi connectivity index (χ0) is 21.8. The molecule has 1 aromatic heterocycles. The highest BCUT2D eigenvalue weighted by Gasteiger charge is 2.21. The van der Waals surface area contributed by atoms with Gasteiger partial charge in [0.1, 0.15) is 11.6 Å².